The first-order chi connectivity index (χ1) is 13.6. The van der Waals surface area contributed by atoms with E-state index in [1.165, 1.54) is 5.56 Å². The first-order valence-corrected chi connectivity index (χ1v) is 9.81. The maximum absolute atomic E-state index is 13.0. The minimum Gasteiger partial charge on any atom is -0.341 e. The quantitative estimate of drug-likeness (QED) is 0.735. The number of aromatic nitrogens is 4. The molecule has 0 aliphatic carbocycles. The number of rotatable bonds is 5. The molecular formula is C21H26N6O. The maximum atomic E-state index is 13.0. The van der Waals surface area contributed by atoms with Gasteiger partial charge in [0.1, 0.15) is 5.52 Å². The first kappa shape index (κ1) is 18.6. The van der Waals surface area contributed by atoms with Crippen molar-refractivity contribution in [1.82, 2.24) is 24.6 Å². The Morgan fingerprint density at radius 3 is 2.75 bits per heavy atom. The maximum Gasteiger partial charge on any atom is 0.229 e. The summed E-state index contributed by atoms with van der Waals surface area (Å²) in [6, 6.07) is 8.20. The SMILES string of the molecule is Cc1ccc([C@H](C)C(=O)N2CC[C@H](c3nn(CCN)c4nccnc34)C2)cc1. The molecule has 1 aliphatic heterocycles. The van der Waals surface area contributed by atoms with Crippen LogP contribution in [0.2, 0.25) is 0 Å². The van der Waals surface area contributed by atoms with Crippen molar-refractivity contribution >= 4 is 17.1 Å². The van der Waals surface area contributed by atoms with E-state index < -0.39 is 0 Å². The summed E-state index contributed by atoms with van der Waals surface area (Å²) in [5, 5.41) is 4.74. The predicted octanol–water partition coefficient (Wildman–Crippen LogP) is 2.21. The van der Waals surface area contributed by atoms with Gasteiger partial charge in [0, 0.05) is 37.9 Å². The van der Waals surface area contributed by atoms with Crippen molar-refractivity contribution in [3.8, 4) is 0 Å². The van der Waals surface area contributed by atoms with Gasteiger partial charge < -0.3 is 10.6 Å². The molecule has 2 N–H and O–H groups in total. The fourth-order valence-electron chi connectivity index (χ4n) is 3.93. The molecule has 2 aromatic heterocycles. The average Bonchev–Trinajstić information content (AvgIpc) is 3.33. The van der Waals surface area contributed by atoms with Gasteiger partial charge in [-0.1, -0.05) is 29.8 Å². The van der Waals surface area contributed by atoms with Crippen LogP contribution in [0.4, 0.5) is 0 Å². The number of amides is 1. The number of nitrogens with zero attached hydrogens (tertiary/aromatic N) is 5. The smallest absolute Gasteiger partial charge is 0.229 e. The zero-order valence-corrected chi connectivity index (χ0v) is 16.4. The van der Waals surface area contributed by atoms with Gasteiger partial charge in [0.25, 0.3) is 0 Å². The van der Waals surface area contributed by atoms with Gasteiger partial charge in [0.15, 0.2) is 5.65 Å². The molecule has 0 radical (unpaired) electrons. The van der Waals surface area contributed by atoms with E-state index in [9.17, 15) is 4.79 Å². The minimum atomic E-state index is -0.148. The molecule has 0 bridgehead atoms. The molecule has 0 unspecified atom stereocenters. The lowest BCUT2D eigenvalue weighted by Gasteiger charge is -2.21. The van der Waals surface area contributed by atoms with Crippen LogP contribution in [0.1, 0.15) is 42.0 Å². The molecule has 4 rings (SSSR count). The number of benzene rings is 1. The van der Waals surface area contributed by atoms with E-state index in [0.717, 1.165) is 35.4 Å². The molecule has 1 amide bonds. The molecular weight excluding hydrogens is 352 g/mol. The summed E-state index contributed by atoms with van der Waals surface area (Å²) >= 11 is 0. The molecule has 7 nitrogen and oxygen atoms in total. The van der Waals surface area contributed by atoms with Gasteiger partial charge in [0.05, 0.1) is 18.2 Å². The molecule has 1 aromatic carbocycles. The summed E-state index contributed by atoms with van der Waals surface area (Å²) in [6.45, 7) is 6.55. The summed E-state index contributed by atoms with van der Waals surface area (Å²) in [4.78, 5) is 23.9. The molecule has 1 saturated heterocycles. The van der Waals surface area contributed by atoms with Gasteiger partial charge in [-0.25, -0.2) is 14.6 Å². The van der Waals surface area contributed by atoms with Crippen LogP contribution in [0.25, 0.3) is 11.2 Å². The number of hydrogen-bond donors (Lipinski definition) is 1. The molecule has 2 atom stereocenters. The molecule has 1 aliphatic rings. The van der Waals surface area contributed by atoms with E-state index in [2.05, 4.69) is 29.0 Å². The highest BCUT2D eigenvalue weighted by atomic mass is 16.2. The standard InChI is InChI=1S/C21H26N6O/c1-14-3-5-16(6-4-14)15(2)21(28)26-11-7-17(13-26)18-19-20(24-10-9-23-19)27(25-18)12-8-22/h3-6,9-10,15,17H,7-8,11-13,22H2,1-2H3/t15-,17-/m0/s1. The number of hydrogen-bond acceptors (Lipinski definition) is 5. The van der Waals surface area contributed by atoms with Crippen LogP contribution >= 0.6 is 0 Å². The number of aryl methyl sites for hydroxylation is 1. The van der Waals surface area contributed by atoms with Gasteiger partial charge in [-0.2, -0.15) is 5.10 Å². The van der Waals surface area contributed by atoms with Gasteiger partial charge in [0.2, 0.25) is 5.91 Å². The van der Waals surface area contributed by atoms with Crippen LogP contribution < -0.4 is 5.73 Å². The molecule has 7 heteroatoms. The van der Waals surface area contributed by atoms with Crippen molar-refractivity contribution < 1.29 is 4.79 Å². The van der Waals surface area contributed by atoms with Crippen molar-refractivity contribution in [1.29, 1.82) is 0 Å². The van der Waals surface area contributed by atoms with E-state index >= 15 is 0 Å². The molecule has 28 heavy (non-hydrogen) atoms. The monoisotopic (exact) mass is 378 g/mol. The molecule has 0 saturated carbocycles. The van der Waals surface area contributed by atoms with E-state index in [1.54, 1.807) is 12.4 Å². The third-order valence-corrected chi connectivity index (χ3v) is 5.57. The Kier molecular flexibility index (Phi) is 5.09. The average molecular weight is 378 g/mol. The van der Waals surface area contributed by atoms with Crippen molar-refractivity contribution in [2.75, 3.05) is 19.6 Å². The van der Waals surface area contributed by atoms with E-state index in [-0.39, 0.29) is 17.7 Å². The number of carbonyl (C=O) groups is 1. The Bertz CT molecular complexity index is 980. The number of nitrogens with two attached hydrogens (primary N) is 1. The molecule has 0 spiro atoms. The summed E-state index contributed by atoms with van der Waals surface area (Å²) in [7, 11) is 0. The molecule has 3 heterocycles. The first-order valence-electron chi connectivity index (χ1n) is 9.81. The second-order valence-electron chi connectivity index (χ2n) is 7.53. The van der Waals surface area contributed by atoms with Crippen molar-refractivity contribution in [3.63, 3.8) is 0 Å². The Balaban J connectivity index is 1.53. The fraction of sp³-hybridized carbons (Fsp3) is 0.429. The third kappa shape index (κ3) is 3.38. The van der Waals surface area contributed by atoms with Crippen LogP contribution in [-0.4, -0.2) is 50.2 Å². The Hall–Kier alpha value is -2.80. The zero-order valence-electron chi connectivity index (χ0n) is 16.4. The van der Waals surface area contributed by atoms with Crippen LogP contribution in [0.3, 0.4) is 0 Å². The van der Waals surface area contributed by atoms with E-state index in [4.69, 9.17) is 10.8 Å². The van der Waals surface area contributed by atoms with Crippen LogP contribution in [0.15, 0.2) is 36.7 Å². The lowest BCUT2D eigenvalue weighted by atomic mass is 9.98. The van der Waals surface area contributed by atoms with Crippen LogP contribution in [0, 0.1) is 6.92 Å². The molecule has 3 aromatic rings. The highest BCUT2D eigenvalue weighted by Crippen LogP contribution is 2.32. The van der Waals surface area contributed by atoms with Gasteiger partial charge in [-0.05, 0) is 25.8 Å². The molecule has 1 fully saturated rings. The summed E-state index contributed by atoms with van der Waals surface area (Å²) in [5.74, 6) is 0.196. The Morgan fingerprint density at radius 2 is 2.00 bits per heavy atom. The molecule has 146 valence electrons. The van der Waals surface area contributed by atoms with E-state index in [1.807, 2.05) is 28.6 Å². The highest BCUT2D eigenvalue weighted by Gasteiger charge is 2.33. The largest absolute Gasteiger partial charge is 0.341 e. The van der Waals surface area contributed by atoms with Gasteiger partial charge >= 0.3 is 0 Å². The fourth-order valence-corrected chi connectivity index (χ4v) is 3.93. The summed E-state index contributed by atoms with van der Waals surface area (Å²) in [5.41, 5.74) is 10.5. The number of fused-ring (bicyclic) bond motifs is 1. The van der Waals surface area contributed by atoms with Gasteiger partial charge in [-0.3, -0.25) is 4.79 Å². The topological polar surface area (TPSA) is 89.9 Å². The van der Waals surface area contributed by atoms with Gasteiger partial charge in [-0.15, -0.1) is 0 Å². The van der Waals surface area contributed by atoms with Crippen LogP contribution in [0.5, 0.6) is 0 Å². The zero-order chi connectivity index (χ0) is 19.7. The second-order valence-corrected chi connectivity index (χ2v) is 7.53. The minimum absolute atomic E-state index is 0.148. The highest BCUT2D eigenvalue weighted by molar-refractivity contribution is 5.84. The second kappa shape index (κ2) is 7.67. The van der Waals surface area contributed by atoms with Crippen molar-refractivity contribution in [2.45, 2.75) is 38.6 Å². The van der Waals surface area contributed by atoms with Crippen molar-refractivity contribution in [3.05, 3.63) is 53.5 Å². The summed E-state index contributed by atoms with van der Waals surface area (Å²) in [6.07, 6.45) is 4.25. The Morgan fingerprint density at radius 1 is 1.25 bits per heavy atom. The van der Waals surface area contributed by atoms with Crippen LogP contribution in [-0.2, 0) is 11.3 Å². The Labute approximate surface area is 164 Å². The third-order valence-electron chi connectivity index (χ3n) is 5.57. The summed E-state index contributed by atoms with van der Waals surface area (Å²) < 4.78 is 1.83. The lowest BCUT2D eigenvalue weighted by Crippen LogP contribution is -2.32. The number of likely N-dealkylation sites (tertiary alicyclic amines) is 1. The lowest BCUT2D eigenvalue weighted by molar-refractivity contribution is -0.131. The van der Waals surface area contributed by atoms with Crippen molar-refractivity contribution in [2.24, 2.45) is 5.73 Å². The normalized spacial score (nSPS) is 18.0. The number of carbonyl (C=O) groups excluding carboxylic acids is 1. The predicted molar refractivity (Wildman–Crippen MR) is 108 cm³/mol. The van der Waals surface area contributed by atoms with E-state index in [0.29, 0.717) is 19.6 Å².